The smallest absolute Gasteiger partial charge is 0.254 e. The molecular weight excluding hydrogens is 304 g/mol. The average Bonchev–Trinajstić information content (AvgIpc) is 3.09. The number of nitrogens with zero attached hydrogens (tertiary/aromatic N) is 4. The van der Waals surface area contributed by atoms with Crippen LogP contribution in [0.2, 0.25) is 0 Å². The molecule has 24 heavy (non-hydrogen) atoms. The summed E-state index contributed by atoms with van der Waals surface area (Å²) in [5.74, 6) is 0.791. The van der Waals surface area contributed by atoms with Crippen molar-refractivity contribution in [3.05, 3.63) is 47.8 Å². The molecule has 6 nitrogen and oxygen atoms in total. The van der Waals surface area contributed by atoms with Crippen LogP contribution in [-0.4, -0.2) is 58.8 Å². The normalized spacial score (nSPS) is 15.5. The quantitative estimate of drug-likeness (QED) is 0.841. The van der Waals surface area contributed by atoms with Gasteiger partial charge in [0.1, 0.15) is 5.75 Å². The molecule has 0 unspecified atom stereocenters. The number of hydrogen-bond donors (Lipinski definition) is 0. The number of rotatable bonds is 5. The fraction of sp³-hybridized carbons (Fsp3) is 0.444. The molecule has 1 saturated heterocycles. The number of carbonyl (C=O) groups is 1. The molecule has 1 aromatic carbocycles. The van der Waals surface area contributed by atoms with Gasteiger partial charge in [0.05, 0.1) is 13.3 Å². The van der Waals surface area contributed by atoms with Crippen molar-refractivity contribution in [3.8, 4) is 5.75 Å². The predicted octanol–water partition coefficient (Wildman–Crippen LogP) is 1.87. The van der Waals surface area contributed by atoms with Gasteiger partial charge in [0.15, 0.2) is 0 Å². The van der Waals surface area contributed by atoms with Gasteiger partial charge >= 0.3 is 0 Å². The second-order valence-corrected chi connectivity index (χ2v) is 6.00. The minimum absolute atomic E-state index is 0.0763. The van der Waals surface area contributed by atoms with Gasteiger partial charge in [0.2, 0.25) is 0 Å². The number of aromatic nitrogens is 2. The zero-order chi connectivity index (χ0) is 16.9. The van der Waals surface area contributed by atoms with Gasteiger partial charge in [-0.05, 0) is 25.1 Å². The van der Waals surface area contributed by atoms with Crippen LogP contribution in [0.25, 0.3) is 0 Å². The second kappa shape index (κ2) is 7.49. The molecule has 2 aromatic rings. The minimum Gasteiger partial charge on any atom is -0.497 e. The van der Waals surface area contributed by atoms with Crippen LogP contribution in [-0.2, 0) is 13.1 Å². The van der Waals surface area contributed by atoms with Crippen molar-refractivity contribution in [2.24, 2.45) is 0 Å². The average molecular weight is 328 g/mol. The SMILES string of the molecule is CCn1cc(CN2CCN(C(=O)c3cccc(OC)c3)CC2)cn1. The zero-order valence-electron chi connectivity index (χ0n) is 14.3. The summed E-state index contributed by atoms with van der Waals surface area (Å²) in [5.41, 5.74) is 1.91. The van der Waals surface area contributed by atoms with Gasteiger partial charge in [0.25, 0.3) is 5.91 Å². The van der Waals surface area contributed by atoms with Crippen LogP contribution in [0.15, 0.2) is 36.7 Å². The van der Waals surface area contributed by atoms with E-state index in [-0.39, 0.29) is 5.91 Å². The third-order valence-electron chi connectivity index (χ3n) is 4.39. The lowest BCUT2D eigenvalue weighted by Crippen LogP contribution is -2.48. The highest BCUT2D eigenvalue weighted by Gasteiger charge is 2.22. The van der Waals surface area contributed by atoms with Gasteiger partial charge < -0.3 is 9.64 Å². The molecule has 1 aliphatic rings. The number of methoxy groups -OCH3 is 1. The summed E-state index contributed by atoms with van der Waals surface area (Å²) in [5, 5.41) is 4.31. The van der Waals surface area contributed by atoms with Crippen LogP contribution in [0, 0.1) is 0 Å². The van der Waals surface area contributed by atoms with Crippen LogP contribution in [0.5, 0.6) is 5.75 Å². The molecule has 0 saturated carbocycles. The molecule has 0 atom stereocenters. The van der Waals surface area contributed by atoms with E-state index in [1.165, 1.54) is 5.56 Å². The third-order valence-corrected chi connectivity index (χ3v) is 4.39. The lowest BCUT2D eigenvalue weighted by Gasteiger charge is -2.34. The minimum atomic E-state index is 0.0763. The predicted molar refractivity (Wildman–Crippen MR) is 92.1 cm³/mol. The van der Waals surface area contributed by atoms with Crippen molar-refractivity contribution >= 4 is 5.91 Å². The Kier molecular flexibility index (Phi) is 5.15. The van der Waals surface area contributed by atoms with E-state index in [0.717, 1.165) is 39.3 Å². The Balaban J connectivity index is 1.55. The first-order valence-electron chi connectivity index (χ1n) is 8.36. The summed E-state index contributed by atoms with van der Waals surface area (Å²) >= 11 is 0. The number of piperazine rings is 1. The second-order valence-electron chi connectivity index (χ2n) is 6.00. The molecule has 0 aliphatic carbocycles. The Morgan fingerprint density at radius 1 is 1.25 bits per heavy atom. The Bertz CT molecular complexity index is 690. The Morgan fingerprint density at radius 2 is 2.04 bits per heavy atom. The molecule has 128 valence electrons. The molecule has 3 rings (SSSR count). The standard InChI is InChI=1S/C18H24N4O2/c1-3-22-14-15(12-19-22)13-20-7-9-21(10-8-20)18(23)16-5-4-6-17(11-16)24-2/h4-6,11-12,14H,3,7-10,13H2,1-2H3. The summed E-state index contributed by atoms with van der Waals surface area (Å²) in [7, 11) is 1.61. The van der Waals surface area contributed by atoms with Gasteiger partial charge in [-0.25, -0.2) is 0 Å². The van der Waals surface area contributed by atoms with E-state index in [0.29, 0.717) is 11.3 Å². The van der Waals surface area contributed by atoms with E-state index >= 15 is 0 Å². The maximum atomic E-state index is 12.6. The highest BCUT2D eigenvalue weighted by Crippen LogP contribution is 2.16. The number of amides is 1. The first-order valence-corrected chi connectivity index (χ1v) is 8.36. The maximum absolute atomic E-state index is 12.6. The Hall–Kier alpha value is -2.34. The first kappa shape index (κ1) is 16.5. The molecule has 1 aliphatic heterocycles. The van der Waals surface area contributed by atoms with Crippen molar-refractivity contribution in [1.82, 2.24) is 19.6 Å². The van der Waals surface area contributed by atoms with Crippen LogP contribution < -0.4 is 4.74 Å². The van der Waals surface area contributed by atoms with Crippen molar-refractivity contribution in [1.29, 1.82) is 0 Å². The molecule has 1 fully saturated rings. The Labute approximate surface area is 142 Å². The molecule has 0 N–H and O–H groups in total. The first-order chi connectivity index (χ1) is 11.7. The van der Waals surface area contributed by atoms with Gasteiger partial charge in [-0.15, -0.1) is 0 Å². The fourth-order valence-corrected chi connectivity index (χ4v) is 2.97. The summed E-state index contributed by atoms with van der Waals surface area (Å²) in [6, 6.07) is 7.35. The number of benzene rings is 1. The number of aryl methyl sites for hydroxylation is 1. The molecule has 6 heteroatoms. The summed E-state index contributed by atoms with van der Waals surface area (Å²) < 4.78 is 7.14. The summed E-state index contributed by atoms with van der Waals surface area (Å²) in [6.07, 6.45) is 4.02. The van der Waals surface area contributed by atoms with Gasteiger partial charge in [-0.2, -0.15) is 5.10 Å². The van der Waals surface area contributed by atoms with E-state index in [1.807, 2.05) is 34.0 Å². The van der Waals surface area contributed by atoms with E-state index in [9.17, 15) is 4.79 Å². The third kappa shape index (κ3) is 3.76. The Morgan fingerprint density at radius 3 is 2.71 bits per heavy atom. The molecule has 0 bridgehead atoms. The lowest BCUT2D eigenvalue weighted by molar-refractivity contribution is 0.0628. The van der Waals surface area contributed by atoms with Crippen molar-refractivity contribution < 1.29 is 9.53 Å². The summed E-state index contributed by atoms with van der Waals surface area (Å²) in [4.78, 5) is 16.9. The molecule has 1 aromatic heterocycles. The van der Waals surface area contributed by atoms with Crippen LogP contribution in [0.1, 0.15) is 22.8 Å². The molecule has 2 heterocycles. The van der Waals surface area contributed by atoms with E-state index in [2.05, 4.69) is 23.1 Å². The van der Waals surface area contributed by atoms with Crippen molar-refractivity contribution in [2.75, 3.05) is 33.3 Å². The molecule has 0 radical (unpaired) electrons. The maximum Gasteiger partial charge on any atom is 0.254 e. The molecule has 0 spiro atoms. The molecule has 1 amide bonds. The van der Waals surface area contributed by atoms with E-state index in [1.54, 1.807) is 13.2 Å². The van der Waals surface area contributed by atoms with Crippen LogP contribution >= 0.6 is 0 Å². The highest BCUT2D eigenvalue weighted by molar-refractivity contribution is 5.94. The number of ether oxygens (including phenoxy) is 1. The largest absolute Gasteiger partial charge is 0.497 e. The lowest BCUT2D eigenvalue weighted by atomic mass is 10.1. The topological polar surface area (TPSA) is 50.6 Å². The van der Waals surface area contributed by atoms with Gasteiger partial charge in [-0.3, -0.25) is 14.4 Å². The number of carbonyl (C=O) groups excluding carboxylic acids is 1. The van der Waals surface area contributed by atoms with Crippen LogP contribution in [0.4, 0.5) is 0 Å². The van der Waals surface area contributed by atoms with E-state index in [4.69, 9.17) is 4.74 Å². The highest BCUT2D eigenvalue weighted by atomic mass is 16.5. The monoisotopic (exact) mass is 328 g/mol. The van der Waals surface area contributed by atoms with E-state index < -0.39 is 0 Å². The fourth-order valence-electron chi connectivity index (χ4n) is 2.97. The van der Waals surface area contributed by atoms with Crippen LogP contribution in [0.3, 0.4) is 0 Å². The summed E-state index contributed by atoms with van der Waals surface area (Å²) in [6.45, 7) is 7.12. The number of hydrogen-bond acceptors (Lipinski definition) is 4. The van der Waals surface area contributed by atoms with Gasteiger partial charge in [-0.1, -0.05) is 6.07 Å². The zero-order valence-corrected chi connectivity index (χ0v) is 14.3. The van der Waals surface area contributed by atoms with Crippen molar-refractivity contribution in [3.63, 3.8) is 0 Å². The van der Waals surface area contributed by atoms with Gasteiger partial charge in [0, 0.05) is 56.6 Å². The van der Waals surface area contributed by atoms with Crippen molar-refractivity contribution in [2.45, 2.75) is 20.0 Å². The molecular formula is C18H24N4O2.